The Balaban J connectivity index is 2.19. The SMILES string of the molecule is C[n+]1ccccc1-c1cnc2c(n1)C([C+](C#N)C#N)C=CC2[C](C#N)C#N. The molecule has 1 aliphatic carbocycles. The smallest absolute Gasteiger partial charge is 0.256 e. The van der Waals surface area contributed by atoms with Crippen molar-refractivity contribution in [3.63, 3.8) is 0 Å². The number of hydrogen-bond acceptors (Lipinski definition) is 6. The topological polar surface area (TPSA) is 125 Å². The first kappa shape index (κ1) is 17.6. The van der Waals surface area contributed by atoms with Crippen LogP contribution in [0.2, 0.25) is 0 Å². The molecule has 2 aromatic heterocycles. The fourth-order valence-electron chi connectivity index (χ4n) is 2.99. The minimum atomic E-state index is -0.661. The van der Waals surface area contributed by atoms with Crippen LogP contribution in [0.25, 0.3) is 11.4 Å². The quantitative estimate of drug-likeness (QED) is 0.473. The van der Waals surface area contributed by atoms with Gasteiger partial charge in [-0.3, -0.25) is 4.98 Å². The number of rotatable bonds is 3. The summed E-state index contributed by atoms with van der Waals surface area (Å²) in [6, 6.07) is 13.2. The lowest BCUT2D eigenvalue weighted by Crippen LogP contribution is -2.30. The molecule has 2 aromatic rings. The Morgan fingerprint density at radius 2 is 1.81 bits per heavy atom. The van der Waals surface area contributed by atoms with Gasteiger partial charge in [0.2, 0.25) is 5.69 Å². The van der Waals surface area contributed by atoms with E-state index in [9.17, 15) is 21.0 Å². The molecule has 0 bridgehead atoms. The van der Waals surface area contributed by atoms with E-state index in [0.29, 0.717) is 17.1 Å². The molecule has 1 aliphatic rings. The van der Waals surface area contributed by atoms with E-state index >= 15 is 0 Å². The van der Waals surface area contributed by atoms with Gasteiger partial charge in [0, 0.05) is 12.1 Å². The minimum Gasteiger partial charge on any atom is -0.256 e. The number of aryl methyl sites for hydroxylation is 1. The molecule has 2 unspecified atom stereocenters. The van der Waals surface area contributed by atoms with Crippen LogP contribution in [0.4, 0.5) is 0 Å². The van der Waals surface area contributed by atoms with Gasteiger partial charge in [-0.05, 0) is 12.1 Å². The highest BCUT2D eigenvalue weighted by molar-refractivity contribution is 5.56. The number of fused-ring (bicyclic) bond motifs is 1. The number of pyridine rings is 1. The van der Waals surface area contributed by atoms with Gasteiger partial charge < -0.3 is 0 Å². The summed E-state index contributed by atoms with van der Waals surface area (Å²) in [5, 5.41) is 37.1. The predicted molar refractivity (Wildman–Crippen MR) is 92.2 cm³/mol. The van der Waals surface area contributed by atoms with Crippen molar-refractivity contribution in [1.82, 2.24) is 9.97 Å². The molecule has 0 amide bonds. The van der Waals surface area contributed by atoms with Crippen molar-refractivity contribution in [1.29, 1.82) is 21.0 Å². The first-order valence-electron chi connectivity index (χ1n) is 7.98. The van der Waals surface area contributed by atoms with Gasteiger partial charge in [0.05, 0.1) is 29.9 Å². The monoisotopic (exact) mass is 350 g/mol. The third kappa shape index (κ3) is 3.07. The number of nitriles is 4. The number of hydrogen-bond donors (Lipinski definition) is 0. The van der Waals surface area contributed by atoms with Crippen molar-refractivity contribution in [2.24, 2.45) is 7.05 Å². The molecule has 0 fully saturated rings. The second-order valence-corrected chi connectivity index (χ2v) is 5.84. The van der Waals surface area contributed by atoms with Crippen LogP contribution in [0.1, 0.15) is 23.2 Å². The Morgan fingerprint density at radius 1 is 1.07 bits per heavy atom. The maximum absolute atomic E-state index is 9.30. The minimum absolute atomic E-state index is 0.0197. The second kappa shape index (κ2) is 7.36. The summed E-state index contributed by atoms with van der Waals surface area (Å²) in [6.45, 7) is 0. The molecule has 1 radical (unpaired) electrons. The van der Waals surface area contributed by atoms with Crippen LogP contribution < -0.4 is 4.57 Å². The summed E-state index contributed by atoms with van der Waals surface area (Å²) in [7, 11) is 1.87. The van der Waals surface area contributed by atoms with Gasteiger partial charge in [0.1, 0.15) is 12.7 Å². The van der Waals surface area contributed by atoms with E-state index in [1.807, 2.05) is 60.3 Å². The van der Waals surface area contributed by atoms with Crippen LogP contribution in [0.5, 0.6) is 0 Å². The lowest BCUT2D eigenvalue weighted by molar-refractivity contribution is -0.660. The molecule has 7 heteroatoms. The highest BCUT2D eigenvalue weighted by Crippen LogP contribution is 2.40. The highest BCUT2D eigenvalue weighted by atomic mass is 15.0. The molecular weight excluding hydrogens is 338 g/mol. The molecule has 7 nitrogen and oxygen atoms in total. The van der Waals surface area contributed by atoms with E-state index in [2.05, 4.69) is 9.97 Å². The van der Waals surface area contributed by atoms with E-state index in [4.69, 9.17) is 0 Å². The van der Waals surface area contributed by atoms with E-state index < -0.39 is 11.8 Å². The maximum Gasteiger partial charge on any atom is 0.328 e. The van der Waals surface area contributed by atoms with Crippen LogP contribution in [0, 0.1) is 57.2 Å². The molecule has 27 heavy (non-hydrogen) atoms. The molecule has 0 aromatic carbocycles. The van der Waals surface area contributed by atoms with Crippen LogP contribution in [0.3, 0.4) is 0 Å². The zero-order valence-electron chi connectivity index (χ0n) is 14.3. The third-order valence-electron chi connectivity index (χ3n) is 4.34. The lowest BCUT2D eigenvalue weighted by atomic mass is 9.78. The number of allylic oxidation sites excluding steroid dienone is 2. The second-order valence-electron chi connectivity index (χ2n) is 5.84. The summed E-state index contributed by atoms with van der Waals surface area (Å²) in [4.78, 5) is 9.11. The number of nitrogens with zero attached hydrogens (tertiary/aromatic N) is 7. The Labute approximate surface area is 156 Å². The summed E-state index contributed by atoms with van der Waals surface area (Å²) in [5.41, 5.74) is 2.19. The zero-order valence-corrected chi connectivity index (χ0v) is 14.3. The van der Waals surface area contributed by atoms with Gasteiger partial charge in [0.15, 0.2) is 23.7 Å². The van der Waals surface area contributed by atoms with E-state index in [1.165, 1.54) is 0 Å². The molecular formula is C20H12N7+2. The third-order valence-corrected chi connectivity index (χ3v) is 4.34. The molecule has 0 spiro atoms. The Hall–Kier alpha value is -4.20. The Morgan fingerprint density at radius 3 is 2.44 bits per heavy atom. The maximum atomic E-state index is 9.30. The first-order chi connectivity index (χ1) is 13.1. The van der Waals surface area contributed by atoms with Gasteiger partial charge in [-0.2, -0.15) is 15.1 Å². The zero-order chi connectivity index (χ0) is 19.4. The fraction of sp³-hybridized carbons (Fsp3) is 0.150. The van der Waals surface area contributed by atoms with Crippen molar-refractivity contribution < 1.29 is 4.57 Å². The van der Waals surface area contributed by atoms with E-state index in [-0.39, 0.29) is 11.8 Å². The molecule has 2 heterocycles. The van der Waals surface area contributed by atoms with Crippen molar-refractivity contribution in [3.8, 4) is 35.7 Å². The standard InChI is InChI=1S/C20H12N7/c1-27-7-3-2-4-18(27)17-12-25-19-15(13(8-21)9-22)5-6-16(20(19)26-17)14(10-23)11-24/h2-7,12,15-16H,1H3/q+2. The lowest BCUT2D eigenvalue weighted by Gasteiger charge is -2.21. The Bertz CT molecular complexity index is 1050. The van der Waals surface area contributed by atoms with E-state index in [0.717, 1.165) is 5.69 Å². The van der Waals surface area contributed by atoms with Crippen LogP contribution in [-0.2, 0) is 7.05 Å². The summed E-state index contributed by atoms with van der Waals surface area (Å²) in [6.07, 6.45) is 6.70. The van der Waals surface area contributed by atoms with Crippen LogP contribution >= 0.6 is 0 Å². The number of aromatic nitrogens is 3. The summed E-state index contributed by atoms with van der Waals surface area (Å²) < 4.78 is 1.88. The van der Waals surface area contributed by atoms with Crippen molar-refractivity contribution in [2.45, 2.75) is 11.8 Å². The molecule has 125 valence electrons. The molecule has 0 N–H and O–H groups in total. The van der Waals surface area contributed by atoms with Crippen LogP contribution in [0.15, 0.2) is 42.7 Å². The van der Waals surface area contributed by atoms with Crippen LogP contribution in [-0.4, -0.2) is 9.97 Å². The largest absolute Gasteiger partial charge is 0.328 e. The Kier molecular flexibility index (Phi) is 4.80. The fourth-order valence-corrected chi connectivity index (χ4v) is 2.99. The molecule has 3 rings (SSSR count). The molecule has 2 atom stereocenters. The van der Waals surface area contributed by atoms with Crippen molar-refractivity contribution in [3.05, 3.63) is 66.0 Å². The van der Waals surface area contributed by atoms with Gasteiger partial charge >= 0.3 is 18.1 Å². The average Bonchev–Trinajstić information content (AvgIpc) is 2.71. The first-order valence-corrected chi connectivity index (χ1v) is 7.98. The summed E-state index contributed by atoms with van der Waals surface area (Å²) in [5.74, 6) is -1.35. The summed E-state index contributed by atoms with van der Waals surface area (Å²) >= 11 is 0. The van der Waals surface area contributed by atoms with Crippen molar-refractivity contribution in [2.75, 3.05) is 0 Å². The van der Waals surface area contributed by atoms with Gasteiger partial charge in [-0.1, -0.05) is 6.08 Å². The normalized spacial score (nSPS) is 17.1. The highest BCUT2D eigenvalue weighted by Gasteiger charge is 2.43. The van der Waals surface area contributed by atoms with Crippen molar-refractivity contribution >= 4 is 0 Å². The van der Waals surface area contributed by atoms with Gasteiger partial charge in [-0.15, -0.1) is 10.5 Å². The van der Waals surface area contributed by atoms with E-state index in [1.54, 1.807) is 18.3 Å². The molecule has 0 aliphatic heterocycles. The predicted octanol–water partition coefficient (Wildman–Crippen LogP) is 1.95. The molecule has 0 saturated carbocycles. The van der Waals surface area contributed by atoms with Gasteiger partial charge in [-0.25, -0.2) is 4.98 Å². The van der Waals surface area contributed by atoms with Gasteiger partial charge in [0.25, 0.3) is 0 Å². The average molecular weight is 350 g/mol. The molecule has 0 saturated heterocycles.